The number of hydrogen-bond donors (Lipinski definition) is 3. The van der Waals surface area contributed by atoms with Gasteiger partial charge in [0.05, 0.1) is 11.5 Å². The lowest BCUT2D eigenvalue weighted by Crippen LogP contribution is -2.36. The summed E-state index contributed by atoms with van der Waals surface area (Å²) in [5, 5.41) is 6.35. The van der Waals surface area contributed by atoms with Crippen LogP contribution in [-0.4, -0.2) is 21.8 Å². The van der Waals surface area contributed by atoms with Crippen LogP contribution in [0.5, 0.6) is 0 Å². The van der Waals surface area contributed by atoms with E-state index < -0.39 is 17.4 Å². The first-order chi connectivity index (χ1) is 14.9. The molecule has 9 heteroatoms. The van der Waals surface area contributed by atoms with Crippen LogP contribution in [0.1, 0.15) is 29.0 Å². The van der Waals surface area contributed by atoms with Crippen molar-refractivity contribution in [2.24, 2.45) is 0 Å². The van der Waals surface area contributed by atoms with Gasteiger partial charge in [-0.1, -0.05) is 59.3 Å². The number of nitrogens with one attached hydrogen (secondary N) is 3. The Morgan fingerprint density at radius 2 is 1.94 bits per heavy atom. The lowest BCUT2D eigenvalue weighted by atomic mass is 9.92. The smallest absolute Gasteiger partial charge is 0.257 e. The number of nitrogens with zero attached hydrogens (tertiary/aromatic N) is 1. The van der Waals surface area contributed by atoms with Crippen LogP contribution in [0.25, 0.3) is 0 Å². The van der Waals surface area contributed by atoms with E-state index in [0.717, 1.165) is 11.1 Å². The molecule has 158 valence electrons. The largest absolute Gasteiger partial charge is 0.326 e. The molecular weight excluding hydrogens is 436 g/mol. The number of halogens is 1. The summed E-state index contributed by atoms with van der Waals surface area (Å²) in [5.74, 6) is -1.11. The highest BCUT2D eigenvalue weighted by Crippen LogP contribution is 2.31. The molecule has 3 aromatic rings. The minimum Gasteiger partial charge on any atom is -0.326 e. The summed E-state index contributed by atoms with van der Waals surface area (Å²) < 4.78 is 0. The molecule has 3 N–H and O–H groups in total. The Morgan fingerprint density at radius 1 is 1.19 bits per heavy atom. The van der Waals surface area contributed by atoms with E-state index in [2.05, 4.69) is 20.6 Å². The number of hydrogen-bond acceptors (Lipinski definition) is 5. The molecule has 0 fully saturated rings. The number of carbonyl (C=O) groups excluding carboxylic acids is 2. The SMILES string of the molecule is Cc1ccc(NC(=O)[C@H]2CC(=O)Nc3nc(SCc4ccccc4Cl)[nH]c(=O)c32)cc1. The Morgan fingerprint density at radius 3 is 2.68 bits per heavy atom. The first-order valence-electron chi connectivity index (χ1n) is 9.58. The molecule has 1 aliphatic rings. The van der Waals surface area contributed by atoms with Crippen LogP contribution in [0.4, 0.5) is 11.5 Å². The maximum atomic E-state index is 12.9. The van der Waals surface area contributed by atoms with E-state index in [-0.39, 0.29) is 23.7 Å². The Bertz CT molecular complexity index is 1210. The Balaban J connectivity index is 1.58. The average Bonchev–Trinajstić information content (AvgIpc) is 2.74. The molecule has 7 nitrogen and oxygen atoms in total. The second-order valence-electron chi connectivity index (χ2n) is 7.17. The van der Waals surface area contributed by atoms with Crippen LogP contribution < -0.4 is 16.2 Å². The van der Waals surface area contributed by atoms with Gasteiger partial charge in [0.25, 0.3) is 5.56 Å². The molecule has 2 heterocycles. The predicted octanol–water partition coefficient (Wildman–Crippen LogP) is 4.09. The molecule has 0 spiro atoms. The molecule has 0 saturated carbocycles. The molecule has 0 radical (unpaired) electrons. The van der Waals surface area contributed by atoms with Gasteiger partial charge in [-0.2, -0.15) is 0 Å². The fourth-order valence-corrected chi connectivity index (χ4v) is 4.42. The highest BCUT2D eigenvalue weighted by Gasteiger charge is 2.34. The summed E-state index contributed by atoms with van der Waals surface area (Å²) in [6.07, 6.45) is -0.123. The first-order valence-corrected chi connectivity index (χ1v) is 10.9. The summed E-state index contributed by atoms with van der Waals surface area (Å²) in [6, 6.07) is 14.7. The van der Waals surface area contributed by atoms with Crippen molar-refractivity contribution in [1.29, 1.82) is 0 Å². The van der Waals surface area contributed by atoms with Crippen molar-refractivity contribution in [3.8, 4) is 0 Å². The van der Waals surface area contributed by atoms with E-state index in [1.807, 2.05) is 37.3 Å². The standard InChI is InChI=1S/C22H19ClN4O3S/c1-12-6-8-14(9-7-12)24-20(29)15-10-17(28)25-19-18(15)21(30)27-22(26-19)31-11-13-4-2-3-5-16(13)23/h2-9,15H,10-11H2,1H3,(H,24,29)(H2,25,26,27,28,30)/t15-/m0/s1. The molecule has 31 heavy (non-hydrogen) atoms. The van der Waals surface area contributed by atoms with E-state index in [0.29, 0.717) is 21.6 Å². The number of H-pyrrole nitrogens is 1. The number of aryl methyl sites for hydroxylation is 1. The van der Waals surface area contributed by atoms with Gasteiger partial charge in [0.2, 0.25) is 11.8 Å². The van der Waals surface area contributed by atoms with E-state index in [9.17, 15) is 14.4 Å². The maximum Gasteiger partial charge on any atom is 0.257 e. The lowest BCUT2D eigenvalue weighted by Gasteiger charge is -2.23. The molecule has 1 aromatic heterocycles. The minimum atomic E-state index is -0.927. The van der Waals surface area contributed by atoms with Crippen LogP contribution >= 0.6 is 23.4 Å². The fourth-order valence-electron chi connectivity index (χ4n) is 3.27. The van der Waals surface area contributed by atoms with E-state index in [1.165, 1.54) is 11.8 Å². The molecule has 2 aromatic carbocycles. The van der Waals surface area contributed by atoms with Gasteiger partial charge in [-0.05, 0) is 30.7 Å². The molecule has 2 amide bonds. The average molecular weight is 455 g/mol. The molecule has 0 saturated heterocycles. The third-order valence-corrected chi connectivity index (χ3v) is 6.18. The van der Waals surface area contributed by atoms with Gasteiger partial charge in [0, 0.05) is 22.9 Å². The van der Waals surface area contributed by atoms with Gasteiger partial charge < -0.3 is 15.6 Å². The monoisotopic (exact) mass is 454 g/mol. The summed E-state index contributed by atoms with van der Waals surface area (Å²) in [6.45, 7) is 1.94. The highest BCUT2D eigenvalue weighted by atomic mass is 35.5. The number of benzene rings is 2. The van der Waals surface area contributed by atoms with Gasteiger partial charge in [-0.3, -0.25) is 14.4 Å². The molecule has 1 atom stereocenters. The quantitative estimate of drug-likeness (QED) is 0.398. The zero-order chi connectivity index (χ0) is 22.0. The number of aromatic amines is 1. The second-order valence-corrected chi connectivity index (χ2v) is 8.54. The van der Waals surface area contributed by atoms with Crippen LogP contribution in [0, 0.1) is 6.92 Å². The Kier molecular flexibility index (Phi) is 6.11. The van der Waals surface area contributed by atoms with Crippen molar-refractivity contribution in [2.75, 3.05) is 10.6 Å². The third-order valence-electron chi connectivity index (χ3n) is 4.89. The fraction of sp³-hybridized carbons (Fsp3) is 0.182. The number of thioether (sulfide) groups is 1. The molecule has 4 rings (SSSR count). The number of carbonyl (C=O) groups is 2. The van der Waals surface area contributed by atoms with Gasteiger partial charge in [0.15, 0.2) is 5.16 Å². The number of aromatic nitrogens is 2. The van der Waals surface area contributed by atoms with Crippen molar-refractivity contribution < 1.29 is 9.59 Å². The molecular formula is C22H19ClN4O3S. The number of fused-ring (bicyclic) bond motifs is 1. The van der Waals surface area contributed by atoms with Crippen LogP contribution in [0.15, 0.2) is 58.5 Å². The van der Waals surface area contributed by atoms with Gasteiger partial charge in [-0.25, -0.2) is 4.98 Å². The number of amides is 2. The van der Waals surface area contributed by atoms with Crippen molar-refractivity contribution >= 4 is 46.7 Å². The number of rotatable bonds is 5. The highest BCUT2D eigenvalue weighted by molar-refractivity contribution is 7.98. The van der Waals surface area contributed by atoms with Crippen molar-refractivity contribution in [3.05, 3.63) is 80.6 Å². The summed E-state index contributed by atoms with van der Waals surface area (Å²) in [4.78, 5) is 45.0. The van der Waals surface area contributed by atoms with Gasteiger partial charge >= 0.3 is 0 Å². The minimum absolute atomic E-state index is 0.116. The predicted molar refractivity (Wildman–Crippen MR) is 122 cm³/mol. The molecule has 0 aliphatic carbocycles. The van der Waals surface area contributed by atoms with Gasteiger partial charge in [-0.15, -0.1) is 0 Å². The third kappa shape index (κ3) is 4.81. The molecule has 0 unspecified atom stereocenters. The van der Waals surface area contributed by atoms with Crippen LogP contribution in [0.3, 0.4) is 0 Å². The van der Waals surface area contributed by atoms with E-state index in [4.69, 9.17) is 11.6 Å². The first kappa shape index (κ1) is 21.1. The second kappa shape index (κ2) is 8.95. The van der Waals surface area contributed by atoms with Crippen LogP contribution in [-0.2, 0) is 15.3 Å². The Hall–Kier alpha value is -3.10. The normalized spacial score (nSPS) is 15.2. The topological polar surface area (TPSA) is 104 Å². The number of anilines is 2. The van der Waals surface area contributed by atoms with Crippen molar-refractivity contribution in [1.82, 2.24) is 9.97 Å². The maximum absolute atomic E-state index is 12.9. The van der Waals surface area contributed by atoms with Crippen molar-refractivity contribution in [2.45, 2.75) is 30.2 Å². The molecule has 0 bridgehead atoms. The van der Waals surface area contributed by atoms with E-state index >= 15 is 0 Å². The zero-order valence-corrected chi connectivity index (χ0v) is 18.1. The van der Waals surface area contributed by atoms with Crippen molar-refractivity contribution in [3.63, 3.8) is 0 Å². The Labute approximate surface area is 187 Å². The van der Waals surface area contributed by atoms with Gasteiger partial charge in [0.1, 0.15) is 5.82 Å². The van der Waals surface area contributed by atoms with E-state index in [1.54, 1.807) is 18.2 Å². The summed E-state index contributed by atoms with van der Waals surface area (Å²) >= 11 is 7.46. The lowest BCUT2D eigenvalue weighted by molar-refractivity contribution is -0.123. The summed E-state index contributed by atoms with van der Waals surface area (Å²) in [7, 11) is 0. The van der Waals surface area contributed by atoms with Crippen LogP contribution in [0.2, 0.25) is 5.02 Å². The molecule has 1 aliphatic heterocycles. The zero-order valence-electron chi connectivity index (χ0n) is 16.6. The summed E-state index contributed by atoms with van der Waals surface area (Å²) in [5.41, 5.74) is 2.26.